The number of anilines is 1. The largest absolute Gasteiger partial charge is 0.481 e. The van der Waals surface area contributed by atoms with Gasteiger partial charge in [-0.2, -0.15) is 10.1 Å². The van der Waals surface area contributed by atoms with Crippen molar-refractivity contribution in [2.75, 3.05) is 18.6 Å². The summed E-state index contributed by atoms with van der Waals surface area (Å²) in [4.78, 5) is 23.4. The fraction of sp³-hybridized carbons (Fsp3) is 0.556. The summed E-state index contributed by atoms with van der Waals surface area (Å²) in [6.07, 6.45) is 8.04. The van der Waals surface area contributed by atoms with E-state index in [0.29, 0.717) is 18.4 Å². The zero-order valence-corrected chi connectivity index (χ0v) is 14.5. The first-order valence-corrected chi connectivity index (χ1v) is 8.98. The number of methoxy groups -OCH3 is 1. The van der Waals surface area contributed by atoms with Crippen molar-refractivity contribution < 1.29 is 4.74 Å². The number of aryl methyl sites for hydroxylation is 2. The van der Waals surface area contributed by atoms with E-state index in [2.05, 4.69) is 20.0 Å². The summed E-state index contributed by atoms with van der Waals surface area (Å²) >= 11 is 0. The van der Waals surface area contributed by atoms with E-state index >= 15 is 0 Å². The summed E-state index contributed by atoms with van der Waals surface area (Å²) in [6, 6.07) is 3.70. The van der Waals surface area contributed by atoms with Gasteiger partial charge in [0.1, 0.15) is 0 Å². The minimum absolute atomic E-state index is 0.000870. The third-order valence-electron chi connectivity index (χ3n) is 5.12. The first-order chi connectivity index (χ1) is 12.2. The number of hydrogen-bond acceptors (Lipinski definition) is 6. The molecule has 1 aliphatic heterocycles. The molecule has 3 heterocycles. The van der Waals surface area contributed by atoms with Crippen LogP contribution in [0.4, 0.5) is 5.95 Å². The molecule has 0 spiro atoms. The van der Waals surface area contributed by atoms with Gasteiger partial charge >= 0.3 is 0 Å². The smallest absolute Gasteiger partial charge is 0.267 e. The van der Waals surface area contributed by atoms with Gasteiger partial charge in [0.15, 0.2) is 0 Å². The maximum absolute atomic E-state index is 12.5. The van der Waals surface area contributed by atoms with Gasteiger partial charge in [0.05, 0.1) is 25.4 Å². The van der Waals surface area contributed by atoms with E-state index in [0.717, 1.165) is 56.3 Å². The average Bonchev–Trinajstić information content (AvgIpc) is 3.10. The highest BCUT2D eigenvalue weighted by Crippen LogP contribution is 2.24. The normalized spacial score (nSPS) is 19.7. The number of fused-ring (bicyclic) bond motifs is 1. The second kappa shape index (κ2) is 6.82. The Morgan fingerprint density at radius 2 is 2.16 bits per heavy atom. The third kappa shape index (κ3) is 3.23. The van der Waals surface area contributed by atoms with E-state index in [9.17, 15) is 4.79 Å². The van der Waals surface area contributed by atoms with E-state index < -0.39 is 0 Å². The monoisotopic (exact) mass is 341 g/mol. The molecule has 0 amide bonds. The number of aromatic nitrogens is 4. The molecule has 0 bridgehead atoms. The van der Waals surface area contributed by atoms with Gasteiger partial charge in [0.25, 0.3) is 5.56 Å². The molecule has 1 atom stereocenters. The molecule has 7 nitrogen and oxygen atoms in total. The van der Waals surface area contributed by atoms with E-state index in [1.54, 1.807) is 30.1 Å². The van der Waals surface area contributed by atoms with E-state index in [1.165, 1.54) is 0 Å². The quantitative estimate of drug-likeness (QED) is 0.841. The Hall–Kier alpha value is -2.44. The van der Waals surface area contributed by atoms with Crippen LogP contribution in [0, 0.1) is 0 Å². The minimum atomic E-state index is -0.000870. The highest BCUT2D eigenvalue weighted by Gasteiger charge is 2.28. The van der Waals surface area contributed by atoms with Gasteiger partial charge in [0, 0.05) is 24.9 Å². The van der Waals surface area contributed by atoms with Crippen LogP contribution in [0.2, 0.25) is 0 Å². The van der Waals surface area contributed by atoms with Crippen LogP contribution in [-0.4, -0.2) is 39.4 Å². The summed E-state index contributed by atoms with van der Waals surface area (Å²) in [5, 5.41) is 4.65. The predicted molar refractivity (Wildman–Crippen MR) is 94.1 cm³/mol. The Balaban J connectivity index is 1.58. The zero-order chi connectivity index (χ0) is 17.2. The summed E-state index contributed by atoms with van der Waals surface area (Å²) in [7, 11) is 1.60. The highest BCUT2D eigenvalue weighted by atomic mass is 16.5. The lowest BCUT2D eigenvalue weighted by atomic mass is 9.97. The zero-order valence-electron chi connectivity index (χ0n) is 14.5. The van der Waals surface area contributed by atoms with Crippen LogP contribution in [-0.2, 0) is 19.4 Å². The first kappa shape index (κ1) is 16.1. The SMILES string of the molecule is COc1ccnc(N2CCCC2Cn2nc3c(cc2=O)CCCC3)n1. The average molecular weight is 341 g/mol. The Bertz CT molecular complexity index is 819. The van der Waals surface area contributed by atoms with Gasteiger partial charge in [-0.05, 0) is 44.1 Å². The molecule has 2 aliphatic rings. The van der Waals surface area contributed by atoms with Crippen molar-refractivity contribution in [3.05, 3.63) is 39.9 Å². The number of ether oxygens (including phenoxy) is 1. The van der Waals surface area contributed by atoms with Crippen LogP contribution in [0.15, 0.2) is 23.1 Å². The van der Waals surface area contributed by atoms with Crippen LogP contribution in [0.1, 0.15) is 36.9 Å². The predicted octanol–water partition coefficient (Wildman–Crippen LogP) is 1.59. The van der Waals surface area contributed by atoms with E-state index in [4.69, 9.17) is 4.74 Å². The molecule has 0 aromatic carbocycles. The molecule has 25 heavy (non-hydrogen) atoms. The van der Waals surface area contributed by atoms with Crippen LogP contribution >= 0.6 is 0 Å². The Labute approximate surface area is 146 Å². The summed E-state index contributed by atoms with van der Waals surface area (Å²) in [6.45, 7) is 1.46. The van der Waals surface area contributed by atoms with Crippen molar-refractivity contribution in [3.8, 4) is 5.88 Å². The van der Waals surface area contributed by atoms with E-state index in [-0.39, 0.29) is 11.6 Å². The van der Waals surface area contributed by atoms with Crippen LogP contribution in [0.5, 0.6) is 5.88 Å². The molecule has 1 saturated heterocycles. The molecule has 1 fully saturated rings. The molecular formula is C18H23N5O2. The molecule has 2 aromatic rings. The fourth-order valence-electron chi connectivity index (χ4n) is 3.80. The van der Waals surface area contributed by atoms with Gasteiger partial charge < -0.3 is 9.64 Å². The lowest BCUT2D eigenvalue weighted by Crippen LogP contribution is -2.38. The van der Waals surface area contributed by atoms with Crippen LogP contribution < -0.4 is 15.2 Å². The standard InChI is InChI=1S/C18H23N5O2/c1-25-16-8-9-19-18(20-16)22-10-4-6-14(22)12-23-17(24)11-13-5-2-3-7-15(13)21-23/h8-9,11,14H,2-7,10,12H2,1H3. The van der Waals surface area contributed by atoms with Crippen molar-refractivity contribution in [1.82, 2.24) is 19.7 Å². The molecular weight excluding hydrogens is 318 g/mol. The number of hydrogen-bond donors (Lipinski definition) is 0. The molecule has 0 N–H and O–H groups in total. The lowest BCUT2D eigenvalue weighted by Gasteiger charge is -2.25. The first-order valence-electron chi connectivity index (χ1n) is 8.98. The molecule has 132 valence electrons. The molecule has 0 saturated carbocycles. The lowest BCUT2D eigenvalue weighted by molar-refractivity contribution is 0.395. The molecule has 1 unspecified atom stereocenters. The summed E-state index contributed by atoms with van der Waals surface area (Å²) < 4.78 is 6.84. The summed E-state index contributed by atoms with van der Waals surface area (Å²) in [5.41, 5.74) is 2.22. The van der Waals surface area contributed by atoms with E-state index in [1.807, 2.05) is 0 Å². The molecule has 0 radical (unpaired) electrons. The van der Waals surface area contributed by atoms with Gasteiger partial charge in [-0.1, -0.05) is 0 Å². The minimum Gasteiger partial charge on any atom is -0.481 e. The Morgan fingerprint density at radius 1 is 1.28 bits per heavy atom. The second-order valence-corrected chi connectivity index (χ2v) is 6.73. The molecule has 1 aliphatic carbocycles. The summed E-state index contributed by atoms with van der Waals surface area (Å²) in [5.74, 6) is 1.22. The van der Waals surface area contributed by atoms with Gasteiger partial charge in [-0.25, -0.2) is 9.67 Å². The molecule has 7 heteroatoms. The highest BCUT2D eigenvalue weighted by molar-refractivity contribution is 5.35. The van der Waals surface area contributed by atoms with Crippen molar-refractivity contribution >= 4 is 5.95 Å². The van der Waals surface area contributed by atoms with Gasteiger partial charge in [-0.15, -0.1) is 0 Å². The Morgan fingerprint density at radius 3 is 3.04 bits per heavy atom. The van der Waals surface area contributed by atoms with Crippen molar-refractivity contribution in [3.63, 3.8) is 0 Å². The number of rotatable bonds is 4. The second-order valence-electron chi connectivity index (χ2n) is 6.73. The van der Waals surface area contributed by atoms with Gasteiger partial charge in [0.2, 0.25) is 11.8 Å². The number of nitrogens with zero attached hydrogens (tertiary/aromatic N) is 5. The van der Waals surface area contributed by atoms with Crippen molar-refractivity contribution in [1.29, 1.82) is 0 Å². The Kier molecular flexibility index (Phi) is 4.38. The van der Waals surface area contributed by atoms with Crippen LogP contribution in [0.3, 0.4) is 0 Å². The van der Waals surface area contributed by atoms with Crippen molar-refractivity contribution in [2.45, 2.75) is 51.1 Å². The molecule has 2 aromatic heterocycles. The fourth-order valence-corrected chi connectivity index (χ4v) is 3.80. The van der Waals surface area contributed by atoms with Gasteiger partial charge in [-0.3, -0.25) is 4.79 Å². The maximum Gasteiger partial charge on any atom is 0.267 e. The van der Waals surface area contributed by atoms with Crippen LogP contribution in [0.25, 0.3) is 0 Å². The molecule has 4 rings (SSSR count). The topological polar surface area (TPSA) is 73.1 Å². The maximum atomic E-state index is 12.5. The van der Waals surface area contributed by atoms with Crippen molar-refractivity contribution in [2.24, 2.45) is 0 Å². The third-order valence-corrected chi connectivity index (χ3v) is 5.12.